The third-order valence-electron chi connectivity index (χ3n) is 2.24. The second kappa shape index (κ2) is 6.36. The van der Waals surface area contributed by atoms with E-state index in [2.05, 4.69) is 20.8 Å². The molecule has 0 aliphatic rings. The molecule has 0 unspecified atom stereocenters. The molecule has 2 aromatic rings. The Hall–Kier alpha value is -1.40. The van der Waals surface area contributed by atoms with Crippen molar-refractivity contribution >= 4 is 11.8 Å². The van der Waals surface area contributed by atoms with Crippen LogP contribution in [0.5, 0.6) is 0 Å². The van der Waals surface area contributed by atoms with Crippen LogP contribution in [0.15, 0.2) is 35.5 Å². The zero-order valence-electron chi connectivity index (χ0n) is 9.71. The second-order valence-corrected chi connectivity index (χ2v) is 4.58. The molecule has 0 saturated carbocycles. The van der Waals surface area contributed by atoms with Crippen LogP contribution in [-0.4, -0.2) is 39.6 Å². The molecule has 5 nitrogen and oxygen atoms in total. The van der Waals surface area contributed by atoms with Crippen LogP contribution in [0.4, 0.5) is 0 Å². The van der Waals surface area contributed by atoms with Crippen LogP contribution in [0.25, 0.3) is 5.69 Å². The van der Waals surface area contributed by atoms with E-state index in [0.717, 1.165) is 29.6 Å². The summed E-state index contributed by atoms with van der Waals surface area (Å²) in [4.78, 5) is 0. The van der Waals surface area contributed by atoms with Crippen molar-refractivity contribution in [1.82, 2.24) is 25.5 Å². The Morgan fingerprint density at radius 1 is 1.29 bits per heavy atom. The highest BCUT2D eigenvalue weighted by Gasteiger charge is 2.07. The second-order valence-electron chi connectivity index (χ2n) is 3.51. The molecular formula is C11H15N5S. The van der Waals surface area contributed by atoms with Crippen LogP contribution >= 0.6 is 11.8 Å². The first-order valence-corrected chi connectivity index (χ1v) is 6.51. The minimum absolute atomic E-state index is 0.840. The lowest BCUT2D eigenvalue weighted by Crippen LogP contribution is -2.08. The number of hydrogen-bond acceptors (Lipinski definition) is 5. The fraction of sp³-hybridized carbons (Fsp3) is 0.364. The third-order valence-corrected chi connectivity index (χ3v) is 3.25. The van der Waals surface area contributed by atoms with Crippen molar-refractivity contribution in [3.05, 3.63) is 30.3 Å². The van der Waals surface area contributed by atoms with E-state index in [1.54, 1.807) is 16.4 Å². The lowest BCUT2D eigenvalue weighted by Gasteiger charge is -2.03. The van der Waals surface area contributed by atoms with E-state index < -0.39 is 0 Å². The van der Waals surface area contributed by atoms with E-state index in [0.29, 0.717) is 0 Å². The van der Waals surface area contributed by atoms with Gasteiger partial charge in [0.2, 0.25) is 5.16 Å². The maximum absolute atomic E-state index is 4.03. The molecule has 0 aliphatic heterocycles. The summed E-state index contributed by atoms with van der Waals surface area (Å²) in [7, 11) is 1.96. The smallest absolute Gasteiger partial charge is 0.214 e. The van der Waals surface area contributed by atoms with Crippen LogP contribution in [0.2, 0.25) is 0 Å². The fourth-order valence-electron chi connectivity index (χ4n) is 1.41. The van der Waals surface area contributed by atoms with E-state index in [1.807, 2.05) is 37.4 Å². The highest BCUT2D eigenvalue weighted by Crippen LogP contribution is 2.18. The van der Waals surface area contributed by atoms with Crippen molar-refractivity contribution in [1.29, 1.82) is 0 Å². The molecule has 1 aromatic heterocycles. The van der Waals surface area contributed by atoms with Crippen LogP contribution in [0.1, 0.15) is 6.42 Å². The summed E-state index contributed by atoms with van der Waals surface area (Å²) in [6.45, 7) is 1.01. The van der Waals surface area contributed by atoms with Gasteiger partial charge in [-0.05, 0) is 42.6 Å². The van der Waals surface area contributed by atoms with E-state index >= 15 is 0 Å². The monoisotopic (exact) mass is 249 g/mol. The van der Waals surface area contributed by atoms with Gasteiger partial charge in [0.25, 0.3) is 0 Å². The normalized spacial score (nSPS) is 10.6. The number of aromatic nitrogens is 4. The first-order chi connectivity index (χ1) is 8.42. The molecule has 2 rings (SSSR count). The lowest BCUT2D eigenvalue weighted by molar-refractivity contribution is 0.752. The van der Waals surface area contributed by atoms with Crippen LogP contribution in [0.3, 0.4) is 0 Å². The molecule has 0 aliphatic carbocycles. The lowest BCUT2D eigenvalue weighted by atomic mass is 10.3. The molecule has 0 amide bonds. The minimum Gasteiger partial charge on any atom is -0.320 e. The number of nitrogens with zero attached hydrogens (tertiary/aromatic N) is 4. The Bertz CT molecular complexity index is 442. The summed E-state index contributed by atoms with van der Waals surface area (Å²) in [5, 5.41) is 15.7. The van der Waals surface area contributed by atoms with E-state index in [1.165, 1.54) is 0 Å². The van der Waals surface area contributed by atoms with Gasteiger partial charge in [-0.25, -0.2) is 0 Å². The SMILES string of the molecule is CNCCCSc1nnnn1-c1ccccc1. The van der Waals surface area contributed by atoms with Gasteiger partial charge in [-0.3, -0.25) is 0 Å². The number of benzene rings is 1. The van der Waals surface area contributed by atoms with Crippen molar-refractivity contribution < 1.29 is 0 Å². The first-order valence-electron chi connectivity index (χ1n) is 5.53. The molecule has 1 aromatic carbocycles. The highest BCUT2D eigenvalue weighted by molar-refractivity contribution is 7.99. The van der Waals surface area contributed by atoms with Gasteiger partial charge < -0.3 is 5.32 Å². The molecule has 0 saturated heterocycles. The summed E-state index contributed by atoms with van der Waals surface area (Å²) in [5.74, 6) is 1.01. The number of nitrogens with one attached hydrogen (secondary N) is 1. The van der Waals surface area contributed by atoms with Crippen molar-refractivity contribution in [3.8, 4) is 5.69 Å². The summed E-state index contributed by atoms with van der Waals surface area (Å²) < 4.78 is 1.77. The van der Waals surface area contributed by atoms with Gasteiger partial charge in [0.05, 0.1) is 5.69 Å². The zero-order chi connectivity index (χ0) is 11.9. The Labute approximate surface area is 105 Å². The quantitative estimate of drug-likeness (QED) is 0.619. The molecule has 0 bridgehead atoms. The molecule has 0 radical (unpaired) electrons. The van der Waals surface area contributed by atoms with E-state index in [4.69, 9.17) is 0 Å². The summed E-state index contributed by atoms with van der Waals surface area (Å²) in [6.07, 6.45) is 1.10. The van der Waals surface area contributed by atoms with Crippen LogP contribution < -0.4 is 5.32 Å². The Balaban J connectivity index is 2.02. The molecule has 1 heterocycles. The Morgan fingerprint density at radius 3 is 2.88 bits per heavy atom. The van der Waals surface area contributed by atoms with Gasteiger partial charge in [0.1, 0.15) is 0 Å². The summed E-state index contributed by atoms with van der Waals surface area (Å²) in [5.41, 5.74) is 0.994. The van der Waals surface area contributed by atoms with Crippen molar-refractivity contribution in [3.63, 3.8) is 0 Å². The topological polar surface area (TPSA) is 55.6 Å². The molecule has 6 heteroatoms. The van der Waals surface area contributed by atoms with Gasteiger partial charge >= 0.3 is 0 Å². The summed E-state index contributed by atoms with van der Waals surface area (Å²) >= 11 is 1.68. The highest BCUT2D eigenvalue weighted by atomic mass is 32.2. The number of thioether (sulfide) groups is 1. The molecule has 90 valence electrons. The van der Waals surface area contributed by atoms with Crippen molar-refractivity contribution in [2.75, 3.05) is 19.3 Å². The molecule has 0 atom stereocenters. The number of hydrogen-bond donors (Lipinski definition) is 1. The Morgan fingerprint density at radius 2 is 2.12 bits per heavy atom. The Kier molecular flexibility index (Phi) is 4.52. The largest absolute Gasteiger partial charge is 0.320 e. The predicted molar refractivity (Wildman–Crippen MR) is 68.4 cm³/mol. The number of para-hydroxylation sites is 1. The third kappa shape index (κ3) is 3.28. The average molecular weight is 249 g/mol. The molecule has 1 N–H and O–H groups in total. The summed E-state index contributed by atoms with van der Waals surface area (Å²) in [6, 6.07) is 9.93. The maximum atomic E-state index is 4.03. The van der Waals surface area contributed by atoms with E-state index in [9.17, 15) is 0 Å². The number of tetrazole rings is 1. The van der Waals surface area contributed by atoms with Crippen molar-refractivity contribution in [2.24, 2.45) is 0 Å². The van der Waals surface area contributed by atoms with Gasteiger partial charge in [-0.1, -0.05) is 30.0 Å². The van der Waals surface area contributed by atoms with Gasteiger partial charge in [-0.15, -0.1) is 5.10 Å². The molecule has 17 heavy (non-hydrogen) atoms. The van der Waals surface area contributed by atoms with E-state index in [-0.39, 0.29) is 0 Å². The molecule has 0 fully saturated rings. The zero-order valence-corrected chi connectivity index (χ0v) is 10.5. The van der Waals surface area contributed by atoms with Gasteiger partial charge in [0, 0.05) is 5.75 Å². The number of rotatable bonds is 6. The fourth-order valence-corrected chi connectivity index (χ4v) is 2.24. The minimum atomic E-state index is 0.840. The maximum Gasteiger partial charge on any atom is 0.214 e. The standard InChI is InChI=1S/C11H15N5S/c1-12-8-5-9-17-11-13-14-15-16(11)10-6-3-2-4-7-10/h2-4,6-7,12H,5,8-9H2,1H3. The molecular weight excluding hydrogens is 234 g/mol. The average Bonchev–Trinajstić information content (AvgIpc) is 2.84. The molecule has 0 spiro atoms. The van der Waals surface area contributed by atoms with Crippen LogP contribution in [-0.2, 0) is 0 Å². The van der Waals surface area contributed by atoms with Gasteiger partial charge in [0.15, 0.2) is 0 Å². The van der Waals surface area contributed by atoms with Crippen LogP contribution in [0, 0.1) is 0 Å². The van der Waals surface area contributed by atoms with Crippen molar-refractivity contribution in [2.45, 2.75) is 11.6 Å². The predicted octanol–water partition coefficient (Wildman–Crippen LogP) is 1.36. The first kappa shape index (κ1) is 12.1. The van der Waals surface area contributed by atoms with Gasteiger partial charge in [-0.2, -0.15) is 4.68 Å².